The molecular formula is C48H62N10O4. The molecule has 14 nitrogen and oxygen atoms in total. The van der Waals surface area contributed by atoms with E-state index in [1.807, 2.05) is 60.7 Å². The number of nitrogen functional groups attached to an aromatic ring is 2. The molecule has 0 amide bonds. The van der Waals surface area contributed by atoms with Crippen LogP contribution in [0.25, 0.3) is 4.85 Å². The maximum absolute atomic E-state index is 8.80. The molecule has 328 valence electrons. The van der Waals surface area contributed by atoms with E-state index in [0.29, 0.717) is 60.9 Å². The monoisotopic (exact) mass is 842 g/mol. The second-order valence-corrected chi connectivity index (χ2v) is 15.4. The Bertz CT molecular complexity index is 2020. The van der Waals surface area contributed by atoms with Crippen LogP contribution >= 0.6 is 0 Å². The molecule has 0 bridgehead atoms. The number of nitrogens with two attached hydrogens (primary N) is 2. The van der Waals surface area contributed by atoms with E-state index in [9.17, 15) is 0 Å². The highest BCUT2D eigenvalue weighted by Crippen LogP contribution is 2.19. The zero-order valence-corrected chi connectivity index (χ0v) is 35.7. The Morgan fingerprint density at radius 2 is 0.984 bits per heavy atom. The molecular weight excluding hydrogens is 781 g/mol. The van der Waals surface area contributed by atoms with E-state index in [1.54, 1.807) is 36.4 Å². The predicted molar refractivity (Wildman–Crippen MR) is 245 cm³/mol. The summed E-state index contributed by atoms with van der Waals surface area (Å²) in [6, 6.07) is 32.3. The van der Waals surface area contributed by atoms with Gasteiger partial charge in [-0.15, -0.1) is 0 Å². The number of nitrogens with one attached hydrogen (secondary N) is 4. The van der Waals surface area contributed by atoms with E-state index < -0.39 is 0 Å². The van der Waals surface area contributed by atoms with Crippen molar-refractivity contribution in [3.63, 3.8) is 0 Å². The standard InChI is InChI=1S/C24H34N6O2.C24H28N4O2/c25-23(26)18-3-7-21(8-4-18)31-15-1-12-29-20-11-14-30(17-20)13-2-16-32-22-9-5-19(6-10-22)24(27)28;1-26-21-6-10-24(11-7-21)30-17-3-14-28-15-12-22(19-28)27-13-2-16-29-23-8-4-20(18-25)5-9-23/h3-10,20,29H,1-2,11-17H2,(H3,25,26)(H3,27,28);4-11,22,27H,2-3,12-17,19H2. The van der Waals surface area contributed by atoms with E-state index in [4.69, 9.17) is 53.1 Å². The van der Waals surface area contributed by atoms with Gasteiger partial charge in [0.05, 0.1) is 44.6 Å². The van der Waals surface area contributed by atoms with Crippen molar-refractivity contribution >= 4 is 17.4 Å². The molecule has 0 aliphatic carbocycles. The summed E-state index contributed by atoms with van der Waals surface area (Å²) in [7, 11) is 0. The van der Waals surface area contributed by atoms with Crippen molar-refractivity contribution < 1.29 is 18.9 Å². The van der Waals surface area contributed by atoms with Crippen LogP contribution in [0.3, 0.4) is 0 Å². The molecule has 0 radical (unpaired) electrons. The summed E-state index contributed by atoms with van der Waals surface area (Å²) in [5.41, 5.74) is 13.6. The van der Waals surface area contributed by atoms with Gasteiger partial charge < -0.3 is 50.8 Å². The van der Waals surface area contributed by atoms with Gasteiger partial charge in [0, 0.05) is 49.4 Å². The summed E-state index contributed by atoms with van der Waals surface area (Å²) >= 11 is 0. The molecule has 4 aromatic carbocycles. The summed E-state index contributed by atoms with van der Waals surface area (Å²) in [5.74, 6) is 3.39. The minimum Gasteiger partial charge on any atom is -0.494 e. The number of benzene rings is 4. The second-order valence-electron chi connectivity index (χ2n) is 15.4. The van der Waals surface area contributed by atoms with E-state index in [-0.39, 0.29) is 11.7 Å². The molecule has 2 heterocycles. The van der Waals surface area contributed by atoms with E-state index in [0.717, 1.165) is 101 Å². The lowest BCUT2D eigenvalue weighted by Gasteiger charge is -2.17. The smallest absolute Gasteiger partial charge is 0.187 e. The Hall–Kier alpha value is -6.16. The van der Waals surface area contributed by atoms with E-state index >= 15 is 0 Å². The number of ether oxygens (including phenoxy) is 4. The number of nitrogens with zero attached hydrogens (tertiary/aromatic N) is 4. The Labute approximate surface area is 366 Å². The predicted octanol–water partition coefficient (Wildman–Crippen LogP) is 6.17. The maximum Gasteiger partial charge on any atom is 0.187 e. The highest BCUT2D eigenvalue weighted by atomic mass is 16.5. The molecule has 0 spiro atoms. The fourth-order valence-electron chi connectivity index (χ4n) is 7.20. The van der Waals surface area contributed by atoms with Crippen molar-refractivity contribution in [2.75, 3.05) is 78.8 Å². The first-order valence-corrected chi connectivity index (χ1v) is 21.6. The van der Waals surface area contributed by atoms with Gasteiger partial charge in [-0.3, -0.25) is 10.8 Å². The highest BCUT2D eigenvalue weighted by Gasteiger charge is 2.22. The van der Waals surface area contributed by atoms with Crippen molar-refractivity contribution in [1.29, 1.82) is 16.1 Å². The molecule has 2 fully saturated rings. The van der Waals surface area contributed by atoms with Crippen LogP contribution in [0.5, 0.6) is 23.0 Å². The molecule has 0 aromatic heterocycles. The van der Waals surface area contributed by atoms with Gasteiger partial charge >= 0.3 is 0 Å². The number of amidine groups is 2. The van der Waals surface area contributed by atoms with Crippen molar-refractivity contribution in [3.05, 3.63) is 125 Å². The van der Waals surface area contributed by atoms with Gasteiger partial charge in [0.2, 0.25) is 0 Å². The van der Waals surface area contributed by atoms with Crippen LogP contribution < -0.4 is 41.0 Å². The summed E-state index contributed by atoms with van der Waals surface area (Å²) < 4.78 is 23.0. The Morgan fingerprint density at radius 1 is 0.613 bits per heavy atom. The van der Waals surface area contributed by atoms with Gasteiger partial charge in [-0.05, 0) is 150 Å². The van der Waals surface area contributed by atoms with Crippen LogP contribution in [-0.4, -0.2) is 112 Å². The molecule has 2 aliphatic heterocycles. The number of hydrogen-bond donors (Lipinski definition) is 6. The molecule has 8 N–H and O–H groups in total. The van der Waals surface area contributed by atoms with Gasteiger partial charge in [-0.1, -0.05) is 12.1 Å². The fourth-order valence-corrected chi connectivity index (χ4v) is 7.20. The zero-order chi connectivity index (χ0) is 43.8. The lowest BCUT2D eigenvalue weighted by molar-refractivity contribution is 0.259. The average molecular weight is 843 g/mol. The molecule has 2 aliphatic rings. The number of rotatable bonds is 24. The van der Waals surface area contributed by atoms with Gasteiger partial charge in [-0.2, -0.15) is 5.26 Å². The van der Waals surface area contributed by atoms with Gasteiger partial charge in [0.25, 0.3) is 0 Å². The Morgan fingerprint density at radius 3 is 1.35 bits per heavy atom. The van der Waals surface area contributed by atoms with Crippen molar-refractivity contribution in [1.82, 2.24) is 20.4 Å². The molecule has 2 saturated heterocycles. The molecule has 2 unspecified atom stereocenters. The van der Waals surface area contributed by atoms with Gasteiger partial charge in [0.1, 0.15) is 34.7 Å². The number of likely N-dealkylation sites (tertiary alicyclic amines) is 2. The topological polar surface area (TPSA) is 195 Å². The van der Waals surface area contributed by atoms with Gasteiger partial charge in [-0.25, -0.2) is 4.85 Å². The van der Waals surface area contributed by atoms with Crippen LogP contribution in [0.4, 0.5) is 5.69 Å². The van der Waals surface area contributed by atoms with E-state index in [2.05, 4.69) is 31.3 Å². The summed E-state index contributed by atoms with van der Waals surface area (Å²) in [5, 5.41) is 30.9. The van der Waals surface area contributed by atoms with Crippen LogP contribution in [0.15, 0.2) is 97.1 Å². The summed E-state index contributed by atoms with van der Waals surface area (Å²) in [6.45, 7) is 18.0. The van der Waals surface area contributed by atoms with Crippen molar-refractivity contribution in [2.45, 2.75) is 50.6 Å². The second kappa shape index (κ2) is 26.2. The quantitative estimate of drug-likeness (QED) is 0.0205. The number of nitriles is 1. The first-order chi connectivity index (χ1) is 30.3. The van der Waals surface area contributed by atoms with Crippen molar-refractivity contribution in [2.24, 2.45) is 11.5 Å². The third-order valence-electron chi connectivity index (χ3n) is 10.6. The van der Waals surface area contributed by atoms with Crippen LogP contribution in [0.1, 0.15) is 55.2 Å². The normalized spacial score (nSPS) is 16.0. The lowest BCUT2D eigenvalue weighted by atomic mass is 10.2. The third kappa shape index (κ3) is 17.1. The largest absolute Gasteiger partial charge is 0.494 e. The summed E-state index contributed by atoms with van der Waals surface area (Å²) in [6.07, 6.45) is 6.22. The van der Waals surface area contributed by atoms with Crippen LogP contribution in [-0.2, 0) is 0 Å². The van der Waals surface area contributed by atoms with Gasteiger partial charge in [0.15, 0.2) is 5.69 Å². The first-order valence-electron chi connectivity index (χ1n) is 21.6. The lowest BCUT2D eigenvalue weighted by Crippen LogP contribution is -2.34. The Balaban J connectivity index is 0.000000235. The zero-order valence-electron chi connectivity index (χ0n) is 35.7. The van der Waals surface area contributed by atoms with Crippen LogP contribution in [0.2, 0.25) is 0 Å². The third-order valence-corrected chi connectivity index (χ3v) is 10.6. The van der Waals surface area contributed by atoms with Crippen LogP contribution in [0, 0.1) is 28.7 Å². The molecule has 14 heteroatoms. The fraction of sp³-hybridized carbons (Fsp3) is 0.417. The molecule has 4 aromatic rings. The molecule has 0 saturated carbocycles. The maximum atomic E-state index is 8.80. The average Bonchev–Trinajstić information content (AvgIpc) is 3.96. The summed E-state index contributed by atoms with van der Waals surface area (Å²) in [4.78, 5) is 8.35. The minimum atomic E-state index is 0.0688. The number of hydrogen-bond acceptors (Lipinski definition) is 11. The molecule has 2 atom stereocenters. The Kier molecular flexibility index (Phi) is 19.8. The SMILES string of the molecule is N=C(N)c1ccc(OCCCNC2CCN(CCCOc3ccc(C(=N)N)cc3)C2)cc1.[C-]#[N+]c1ccc(OCCCN2CCC(NCCCOc3ccc(C#N)cc3)C2)cc1. The highest BCUT2D eigenvalue weighted by molar-refractivity contribution is 5.95. The first kappa shape index (κ1) is 46.9. The van der Waals surface area contributed by atoms with Crippen molar-refractivity contribution in [3.8, 4) is 29.1 Å². The molecule has 62 heavy (non-hydrogen) atoms. The minimum absolute atomic E-state index is 0.0688. The van der Waals surface area contributed by atoms with E-state index in [1.165, 1.54) is 12.8 Å². The molecule has 6 rings (SSSR count).